The molecule has 0 saturated heterocycles. The molecule has 2 aromatic rings. The maximum atomic E-state index is 12.0. The van der Waals surface area contributed by atoms with Crippen LogP contribution in [0.3, 0.4) is 0 Å². The van der Waals surface area contributed by atoms with E-state index in [0.717, 1.165) is 4.47 Å². The van der Waals surface area contributed by atoms with Gasteiger partial charge in [-0.15, -0.1) is 0 Å². The van der Waals surface area contributed by atoms with Crippen molar-refractivity contribution >= 4 is 44.3 Å². The number of carbonyl (C=O) groups is 1. The minimum absolute atomic E-state index is 0.357. The molecule has 7 heteroatoms. The molecule has 22 heavy (non-hydrogen) atoms. The van der Waals surface area contributed by atoms with E-state index in [-0.39, 0.29) is 0 Å². The Morgan fingerprint density at radius 1 is 1.36 bits per heavy atom. The van der Waals surface area contributed by atoms with Crippen LogP contribution in [-0.2, 0) is 4.74 Å². The van der Waals surface area contributed by atoms with Crippen molar-refractivity contribution in [2.45, 2.75) is 26.4 Å². The minimum atomic E-state index is -0.592. The Labute approximate surface area is 137 Å². The third-order valence-corrected chi connectivity index (χ3v) is 3.42. The fourth-order valence-electron chi connectivity index (χ4n) is 1.91. The van der Waals surface area contributed by atoms with Gasteiger partial charge in [0.2, 0.25) is 0 Å². The number of carbonyl (C=O) groups excluding carboxylic acids is 1. The molecule has 0 aliphatic rings. The van der Waals surface area contributed by atoms with Crippen LogP contribution in [-0.4, -0.2) is 23.8 Å². The third kappa shape index (κ3) is 3.59. The lowest BCUT2D eigenvalue weighted by Gasteiger charge is -2.20. The number of nitrogens with two attached hydrogens (primary N) is 1. The average Bonchev–Trinajstić information content (AvgIpc) is 2.40. The summed E-state index contributed by atoms with van der Waals surface area (Å²) in [7, 11) is 1.57. The number of methoxy groups -OCH3 is 1. The molecule has 0 aliphatic carbocycles. The molecule has 1 aromatic heterocycles. The number of nitrogen functional groups attached to an aromatic ring is 1. The summed E-state index contributed by atoms with van der Waals surface area (Å²) < 4.78 is 11.2. The molecule has 1 aromatic carbocycles. The standard InChI is InChI=1S/C15H18BrN3O3/c1-15(2,3)22-14(20)19-13-8-5-9(16)12(21-4)6-11(8)18-7-10(13)17/h5-7H,17H2,1-4H3,(H,18,19,20). The second kappa shape index (κ2) is 6.00. The molecular weight excluding hydrogens is 350 g/mol. The van der Waals surface area contributed by atoms with Crippen molar-refractivity contribution in [1.29, 1.82) is 0 Å². The summed E-state index contributed by atoms with van der Waals surface area (Å²) in [5.74, 6) is 0.646. The van der Waals surface area contributed by atoms with Gasteiger partial charge in [0.25, 0.3) is 0 Å². The van der Waals surface area contributed by atoms with Gasteiger partial charge >= 0.3 is 6.09 Å². The van der Waals surface area contributed by atoms with E-state index in [4.69, 9.17) is 15.2 Å². The molecule has 0 spiro atoms. The maximum absolute atomic E-state index is 12.0. The number of amides is 1. The number of rotatable bonds is 2. The Hall–Kier alpha value is -2.02. The molecule has 0 bridgehead atoms. The third-order valence-electron chi connectivity index (χ3n) is 2.80. The van der Waals surface area contributed by atoms with Gasteiger partial charge < -0.3 is 15.2 Å². The molecular formula is C15H18BrN3O3. The van der Waals surface area contributed by atoms with Crippen LogP contribution in [0.1, 0.15) is 20.8 Å². The highest BCUT2D eigenvalue weighted by Gasteiger charge is 2.19. The molecule has 0 unspecified atom stereocenters. The Morgan fingerprint density at radius 2 is 2.05 bits per heavy atom. The number of fused-ring (bicyclic) bond motifs is 1. The summed E-state index contributed by atoms with van der Waals surface area (Å²) in [4.78, 5) is 16.2. The first-order valence-corrected chi connectivity index (χ1v) is 7.42. The van der Waals surface area contributed by atoms with Crippen LogP contribution in [0.15, 0.2) is 22.8 Å². The predicted octanol–water partition coefficient (Wildman–Crippen LogP) is 3.94. The van der Waals surface area contributed by atoms with Crippen LogP contribution in [0, 0.1) is 0 Å². The SMILES string of the molecule is COc1cc2ncc(N)c(NC(=O)OC(C)(C)C)c2cc1Br. The minimum Gasteiger partial charge on any atom is -0.495 e. The van der Waals surface area contributed by atoms with E-state index >= 15 is 0 Å². The number of hydrogen-bond acceptors (Lipinski definition) is 5. The monoisotopic (exact) mass is 367 g/mol. The molecule has 3 N–H and O–H groups in total. The number of nitrogens with zero attached hydrogens (tertiary/aromatic N) is 1. The van der Waals surface area contributed by atoms with E-state index in [1.165, 1.54) is 6.20 Å². The smallest absolute Gasteiger partial charge is 0.412 e. The van der Waals surface area contributed by atoms with Crippen molar-refractivity contribution in [3.8, 4) is 5.75 Å². The van der Waals surface area contributed by atoms with Gasteiger partial charge in [0, 0.05) is 11.5 Å². The summed E-state index contributed by atoms with van der Waals surface area (Å²) in [6.45, 7) is 5.38. The summed E-state index contributed by atoms with van der Waals surface area (Å²) in [5, 5.41) is 3.38. The second-order valence-corrected chi connectivity index (χ2v) is 6.57. The number of ether oxygens (including phenoxy) is 2. The maximum Gasteiger partial charge on any atom is 0.412 e. The second-order valence-electron chi connectivity index (χ2n) is 5.72. The van der Waals surface area contributed by atoms with Crippen molar-refractivity contribution in [3.05, 3.63) is 22.8 Å². The largest absolute Gasteiger partial charge is 0.495 e. The molecule has 2 rings (SSSR count). The highest BCUT2D eigenvalue weighted by atomic mass is 79.9. The normalized spacial score (nSPS) is 11.3. The summed E-state index contributed by atoms with van der Waals surface area (Å²) in [6, 6.07) is 3.56. The zero-order chi connectivity index (χ0) is 16.5. The van der Waals surface area contributed by atoms with Gasteiger partial charge in [-0.2, -0.15) is 0 Å². The van der Waals surface area contributed by atoms with Crippen LogP contribution in [0.5, 0.6) is 5.75 Å². The lowest BCUT2D eigenvalue weighted by molar-refractivity contribution is 0.0636. The summed E-state index contributed by atoms with van der Waals surface area (Å²) in [5.41, 5.74) is 6.82. The van der Waals surface area contributed by atoms with Crippen LogP contribution in [0.25, 0.3) is 10.9 Å². The van der Waals surface area contributed by atoms with Crippen LogP contribution in [0.4, 0.5) is 16.2 Å². The van der Waals surface area contributed by atoms with Crippen LogP contribution < -0.4 is 15.8 Å². The molecule has 1 amide bonds. The first kappa shape index (κ1) is 16.4. The average molecular weight is 368 g/mol. The fourth-order valence-corrected chi connectivity index (χ4v) is 2.42. The highest BCUT2D eigenvalue weighted by Crippen LogP contribution is 2.35. The van der Waals surface area contributed by atoms with E-state index < -0.39 is 11.7 Å². The molecule has 0 aliphatic heterocycles. The number of pyridine rings is 1. The Kier molecular flexibility index (Phi) is 4.46. The topological polar surface area (TPSA) is 86.5 Å². The Balaban J connectivity index is 2.46. The van der Waals surface area contributed by atoms with Gasteiger partial charge in [-0.05, 0) is 42.8 Å². The number of benzene rings is 1. The van der Waals surface area contributed by atoms with Crippen molar-refractivity contribution in [2.24, 2.45) is 0 Å². The van der Waals surface area contributed by atoms with E-state index in [1.807, 2.05) is 0 Å². The quantitative estimate of drug-likeness (QED) is 0.839. The van der Waals surface area contributed by atoms with Gasteiger partial charge in [-0.3, -0.25) is 10.3 Å². The molecule has 0 radical (unpaired) electrons. The van der Waals surface area contributed by atoms with Gasteiger partial charge in [-0.25, -0.2) is 4.79 Å². The molecule has 0 saturated carbocycles. The number of hydrogen-bond donors (Lipinski definition) is 2. The highest BCUT2D eigenvalue weighted by molar-refractivity contribution is 9.10. The zero-order valence-corrected chi connectivity index (χ0v) is 14.4. The zero-order valence-electron chi connectivity index (χ0n) is 12.9. The van der Waals surface area contributed by atoms with Gasteiger partial charge in [0.1, 0.15) is 11.4 Å². The van der Waals surface area contributed by atoms with Gasteiger partial charge in [0.05, 0.1) is 34.7 Å². The predicted molar refractivity (Wildman–Crippen MR) is 90.3 cm³/mol. The Bertz CT molecular complexity index is 726. The lowest BCUT2D eigenvalue weighted by atomic mass is 10.1. The number of aromatic nitrogens is 1. The number of anilines is 2. The molecule has 0 fully saturated rings. The molecule has 118 valence electrons. The van der Waals surface area contributed by atoms with E-state index in [9.17, 15) is 4.79 Å². The van der Waals surface area contributed by atoms with Crippen molar-refractivity contribution in [3.63, 3.8) is 0 Å². The fraction of sp³-hybridized carbons (Fsp3) is 0.333. The van der Waals surface area contributed by atoms with Gasteiger partial charge in [-0.1, -0.05) is 0 Å². The first-order valence-electron chi connectivity index (χ1n) is 6.63. The lowest BCUT2D eigenvalue weighted by Crippen LogP contribution is -2.27. The summed E-state index contributed by atoms with van der Waals surface area (Å²) in [6.07, 6.45) is 0.918. The Morgan fingerprint density at radius 3 is 2.64 bits per heavy atom. The van der Waals surface area contributed by atoms with Gasteiger partial charge in [0.15, 0.2) is 0 Å². The van der Waals surface area contributed by atoms with Crippen molar-refractivity contribution < 1.29 is 14.3 Å². The van der Waals surface area contributed by atoms with E-state index in [0.29, 0.717) is 28.0 Å². The van der Waals surface area contributed by atoms with Crippen molar-refractivity contribution in [1.82, 2.24) is 4.98 Å². The summed E-state index contributed by atoms with van der Waals surface area (Å²) >= 11 is 3.41. The number of halogens is 1. The van der Waals surface area contributed by atoms with E-state index in [2.05, 4.69) is 26.2 Å². The van der Waals surface area contributed by atoms with Crippen molar-refractivity contribution in [2.75, 3.05) is 18.2 Å². The number of nitrogens with one attached hydrogen (secondary N) is 1. The molecule has 6 nitrogen and oxygen atoms in total. The molecule has 0 atom stereocenters. The first-order chi connectivity index (χ1) is 10.2. The van der Waals surface area contributed by atoms with Crippen LogP contribution >= 0.6 is 15.9 Å². The van der Waals surface area contributed by atoms with E-state index in [1.54, 1.807) is 40.0 Å². The van der Waals surface area contributed by atoms with Crippen LogP contribution in [0.2, 0.25) is 0 Å². The molecule has 1 heterocycles.